The van der Waals surface area contributed by atoms with E-state index in [9.17, 15) is 18.0 Å². The Morgan fingerprint density at radius 2 is 2.07 bits per heavy atom. The summed E-state index contributed by atoms with van der Waals surface area (Å²) in [6.45, 7) is 2.84. The molecule has 2 heterocycles. The lowest BCUT2D eigenvalue weighted by atomic mass is 9.93. The number of thiazole rings is 1. The van der Waals surface area contributed by atoms with E-state index in [1.165, 1.54) is 12.1 Å². The predicted octanol–water partition coefficient (Wildman–Crippen LogP) is 4.79. The van der Waals surface area contributed by atoms with Crippen molar-refractivity contribution in [3.8, 4) is 0 Å². The number of nitrogens with zero attached hydrogens (tertiary/aromatic N) is 2. The summed E-state index contributed by atoms with van der Waals surface area (Å²) in [7, 11) is 0. The van der Waals surface area contributed by atoms with Gasteiger partial charge >= 0.3 is 6.18 Å². The molecule has 1 N–H and O–H groups in total. The lowest BCUT2D eigenvalue weighted by molar-refractivity contribution is -0.137. The minimum Gasteiger partial charge on any atom is -0.326 e. The third-order valence-electron chi connectivity index (χ3n) is 4.75. The average Bonchev–Trinajstić information content (AvgIpc) is 3.13. The van der Waals surface area contributed by atoms with Crippen LogP contribution in [-0.2, 0) is 17.5 Å². The molecule has 0 aliphatic carbocycles. The fourth-order valence-electron chi connectivity index (χ4n) is 3.38. The molecule has 27 heavy (non-hydrogen) atoms. The average molecular weight is 397 g/mol. The summed E-state index contributed by atoms with van der Waals surface area (Å²) in [5, 5.41) is 4.74. The normalized spacial score (nSPS) is 18.4. The molecule has 0 bridgehead atoms. The number of nitrogens with one attached hydrogen (secondary N) is 1. The van der Waals surface area contributed by atoms with Crippen LogP contribution >= 0.6 is 11.3 Å². The fourth-order valence-corrected chi connectivity index (χ4v) is 3.93. The SMILES string of the molecule is O=C(CCC1CCCN(Cc2cscn2)C1)Nc1ccc(C(F)(F)F)cc1. The summed E-state index contributed by atoms with van der Waals surface area (Å²) in [6, 6.07) is 4.54. The van der Waals surface area contributed by atoms with E-state index >= 15 is 0 Å². The number of carbonyl (C=O) groups excluding carboxylic acids is 1. The number of hydrogen-bond donors (Lipinski definition) is 1. The third-order valence-corrected chi connectivity index (χ3v) is 5.38. The van der Waals surface area contributed by atoms with E-state index in [4.69, 9.17) is 0 Å². The van der Waals surface area contributed by atoms with Gasteiger partial charge in [-0.2, -0.15) is 13.2 Å². The van der Waals surface area contributed by atoms with Crippen molar-refractivity contribution in [3.63, 3.8) is 0 Å². The molecule has 1 atom stereocenters. The fraction of sp³-hybridized carbons (Fsp3) is 0.474. The van der Waals surface area contributed by atoms with Gasteiger partial charge in [0.05, 0.1) is 16.8 Å². The largest absolute Gasteiger partial charge is 0.416 e. The minimum atomic E-state index is -4.37. The topological polar surface area (TPSA) is 45.2 Å². The highest BCUT2D eigenvalue weighted by Gasteiger charge is 2.30. The van der Waals surface area contributed by atoms with Gasteiger partial charge in [-0.1, -0.05) is 0 Å². The number of piperidine rings is 1. The molecular formula is C19H22F3N3OS. The zero-order valence-electron chi connectivity index (χ0n) is 14.8. The van der Waals surface area contributed by atoms with E-state index < -0.39 is 11.7 Å². The first-order valence-corrected chi connectivity index (χ1v) is 9.91. The Morgan fingerprint density at radius 1 is 1.30 bits per heavy atom. The second kappa shape index (κ2) is 8.84. The Bertz CT molecular complexity index is 732. The summed E-state index contributed by atoms with van der Waals surface area (Å²) < 4.78 is 37.7. The Balaban J connectivity index is 1.43. The van der Waals surface area contributed by atoms with E-state index in [-0.39, 0.29) is 5.91 Å². The number of halogens is 3. The maximum atomic E-state index is 12.6. The summed E-state index contributed by atoms with van der Waals surface area (Å²) in [5.41, 5.74) is 2.59. The molecular weight excluding hydrogens is 375 g/mol. The number of aromatic nitrogens is 1. The zero-order chi connectivity index (χ0) is 19.3. The molecule has 1 unspecified atom stereocenters. The van der Waals surface area contributed by atoms with Gasteiger partial charge < -0.3 is 5.32 Å². The minimum absolute atomic E-state index is 0.161. The molecule has 3 rings (SSSR count). The predicted molar refractivity (Wildman–Crippen MR) is 99.4 cm³/mol. The zero-order valence-corrected chi connectivity index (χ0v) is 15.7. The second-order valence-electron chi connectivity index (χ2n) is 6.89. The molecule has 1 amide bonds. The maximum Gasteiger partial charge on any atom is 0.416 e. The van der Waals surface area contributed by atoms with Crippen molar-refractivity contribution in [1.82, 2.24) is 9.88 Å². The molecule has 146 valence electrons. The van der Waals surface area contributed by atoms with Gasteiger partial charge in [0.2, 0.25) is 5.91 Å². The van der Waals surface area contributed by atoms with Crippen molar-refractivity contribution in [3.05, 3.63) is 46.4 Å². The summed E-state index contributed by atoms with van der Waals surface area (Å²) in [6.07, 6.45) is -1.01. The van der Waals surface area contributed by atoms with Crippen LogP contribution in [0.3, 0.4) is 0 Å². The molecule has 0 saturated carbocycles. The maximum absolute atomic E-state index is 12.6. The smallest absolute Gasteiger partial charge is 0.326 e. The number of hydrogen-bond acceptors (Lipinski definition) is 4. The number of anilines is 1. The van der Waals surface area contributed by atoms with E-state index in [1.54, 1.807) is 11.3 Å². The van der Waals surface area contributed by atoms with Crippen molar-refractivity contribution in [2.75, 3.05) is 18.4 Å². The molecule has 1 aliphatic heterocycles. The van der Waals surface area contributed by atoms with E-state index in [0.29, 0.717) is 18.0 Å². The lowest BCUT2D eigenvalue weighted by Gasteiger charge is -2.32. The van der Waals surface area contributed by atoms with E-state index in [2.05, 4.69) is 20.6 Å². The van der Waals surface area contributed by atoms with Gasteiger partial charge in [-0.25, -0.2) is 4.98 Å². The van der Waals surface area contributed by atoms with Crippen molar-refractivity contribution in [2.45, 2.75) is 38.4 Å². The first-order valence-electron chi connectivity index (χ1n) is 8.96. The van der Waals surface area contributed by atoms with Crippen LogP contribution in [0.25, 0.3) is 0 Å². The number of amides is 1. The molecule has 1 saturated heterocycles. The first-order chi connectivity index (χ1) is 12.9. The van der Waals surface area contributed by atoms with Gasteiger partial charge in [0, 0.05) is 30.6 Å². The molecule has 0 spiro atoms. The van der Waals surface area contributed by atoms with Crippen molar-refractivity contribution >= 4 is 22.9 Å². The second-order valence-corrected chi connectivity index (χ2v) is 7.60. The molecule has 4 nitrogen and oxygen atoms in total. The molecule has 1 fully saturated rings. The van der Waals surface area contributed by atoms with Crippen LogP contribution in [0.15, 0.2) is 35.2 Å². The lowest BCUT2D eigenvalue weighted by Crippen LogP contribution is -2.35. The molecule has 1 aliphatic rings. The highest BCUT2D eigenvalue weighted by Crippen LogP contribution is 2.30. The Morgan fingerprint density at radius 3 is 2.74 bits per heavy atom. The highest BCUT2D eigenvalue weighted by atomic mass is 32.1. The van der Waals surface area contributed by atoms with Crippen LogP contribution in [0, 0.1) is 5.92 Å². The van der Waals surface area contributed by atoms with Crippen LogP contribution in [-0.4, -0.2) is 28.9 Å². The van der Waals surface area contributed by atoms with Crippen molar-refractivity contribution in [1.29, 1.82) is 0 Å². The Hall–Kier alpha value is -1.93. The van der Waals surface area contributed by atoms with Gasteiger partial charge in [0.15, 0.2) is 0 Å². The quantitative estimate of drug-likeness (QED) is 0.762. The van der Waals surface area contributed by atoms with Crippen LogP contribution < -0.4 is 5.32 Å². The van der Waals surface area contributed by atoms with Gasteiger partial charge in [0.1, 0.15) is 0 Å². The monoisotopic (exact) mass is 397 g/mol. The van der Waals surface area contributed by atoms with Crippen LogP contribution in [0.5, 0.6) is 0 Å². The Labute approximate surface area is 160 Å². The number of alkyl halides is 3. The number of carbonyl (C=O) groups is 1. The molecule has 1 aromatic heterocycles. The first kappa shape index (κ1) is 19.8. The van der Waals surface area contributed by atoms with E-state index in [1.807, 2.05) is 5.51 Å². The summed E-state index contributed by atoms with van der Waals surface area (Å²) in [5.74, 6) is 0.294. The number of benzene rings is 1. The van der Waals surface area contributed by atoms with Crippen LogP contribution in [0.4, 0.5) is 18.9 Å². The molecule has 0 radical (unpaired) electrons. The van der Waals surface area contributed by atoms with Gasteiger partial charge in [-0.3, -0.25) is 9.69 Å². The van der Waals surface area contributed by atoms with E-state index in [0.717, 1.165) is 56.7 Å². The molecule has 8 heteroatoms. The standard InChI is InChI=1S/C19H22F3N3OS/c20-19(21,22)15-4-6-16(7-5-15)24-18(26)8-3-14-2-1-9-25(10-14)11-17-12-27-13-23-17/h4-7,12-14H,1-3,8-11H2,(H,24,26). The summed E-state index contributed by atoms with van der Waals surface area (Å²) in [4.78, 5) is 18.8. The van der Waals surface area contributed by atoms with Crippen molar-refractivity contribution in [2.24, 2.45) is 5.92 Å². The van der Waals surface area contributed by atoms with Crippen LogP contribution in [0.2, 0.25) is 0 Å². The summed E-state index contributed by atoms with van der Waals surface area (Å²) >= 11 is 1.59. The third kappa shape index (κ3) is 6.04. The highest BCUT2D eigenvalue weighted by molar-refractivity contribution is 7.07. The Kier molecular flexibility index (Phi) is 6.49. The van der Waals surface area contributed by atoms with Crippen molar-refractivity contribution < 1.29 is 18.0 Å². The van der Waals surface area contributed by atoms with Gasteiger partial charge in [0.25, 0.3) is 0 Å². The number of likely N-dealkylation sites (tertiary alicyclic amines) is 1. The molecule has 2 aromatic rings. The van der Waals surface area contributed by atoms with Gasteiger partial charge in [-0.05, 0) is 56.0 Å². The molecule has 1 aromatic carbocycles. The number of rotatable bonds is 6. The van der Waals surface area contributed by atoms with Gasteiger partial charge in [-0.15, -0.1) is 11.3 Å². The van der Waals surface area contributed by atoms with Crippen LogP contribution in [0.1, 0.15) is 36.9 Å².